The molecule has 2 atom stereocenters. The Bertz CT molecular complexity index is 1040. The summed E-state index contributed by atoms with van der Waals surface area (Å²) in [6.45, 7) is 8.50. The predicted octanol–water partition coefficient (Wildman–Crippen LogP) is 3.83. The smallest absolute Gasteiger partial charge is 0.227 e. The molecule has 0 aliphatic carbocycles. The second-order valence-corrected chi connectivity index (χ2v) is 9.03. The number of carbonyl (C=O) groups excluding carboxylic acids is 1. The van der Waals surface area contributed by atoms with Gasteiger partial charge in [0, 0.05) is 44.5 Å². The van der Waals surface area contributed by atoms with Crippen LogP contribution in [0.5, 0.6) is 0 Å². The molecule has 6 heteroatoms. The summed E-state index contributed by atoms with van der Waals surface area (Å²) < 4.78 is 0. The van der Waals surface area contributed by atoms with Gasteiger partial charge < -0.3 is 19.7 Å². The molecule has 6 nitrogen and oxygen atoms in total. The molecule has 2 aliphatic rings. The number of carbonyl (C=O) groups is 1. The van der Waals surface area contributed by atoms with Crippen molar-refractivity contribution in [2.45, 2.75) is 32.7 Å². The van der Waals surface area contributed by atoms with Crippen molar-refractivity contribution < 1.29 is 4.79 Å². The van der Waals surface area contributed by atoms with E-state index in [1.54, 1.807) is 0 Å². The summed E-state index contributed by atoms with van der Waals surface area (Å²) in [5.41, 5.74) is 4.56. The van der Waals surface area contributed by atoms with E-state index in [1.807, 2.05) is 24.3 Å². The second-order valence-electron chi connectivity index (χ2n) is 9.03. The molecule has 2 saturated heterocycles. The molecule has 2 aliphatic heterocycles. The van der Waals surface area contributed by atoms with Crippen molar-refractivity contribution in [1.29, 1.82) is 0 Å². The fourth-order valence-corrected chi connectivity index (χ4v) is 5.07. The molecule has 3 heterocycles. The molecule has 0 unspecified atom stereocenters. The number of H-pyrrole nitrogens is 1. The summed E-state index contributed by atoms with van der Waals surface area (Å²) in [6.07, 6.45) is 1.98. The molecule has 0 bridgehead atoms. The van der Waals surface area contributed by atoms with Crippen LogP contribution in [0.3, 0.4) is 0 Å². The van der Waals surface area contributed by atoms with Gasteiger partial charge in [0.25, 0.3) is 0 Å². The average Bonchev–Trinajstić information content (AvgIpc) is 3.23. The van der Waals surface area contributed by atoms with Gasteiger partial charge >= 0.3 is 0 Å². The number of nitrogens with zero attached hydrogens (tertiary/aromatic N) is 4. The summed E-state index contributed by atoms with van der Waals surface area (Å²) in [5, 5.41) is 0. The van der Waals surface area contributed by atoms with Crippen LogP contribution in [0.2, 0.25) is 0 Å². The summed E-state index contributed by atoms with van der Waals surface area (Å²) in [4.78, 5) is 28.3. The SMILES string of the molecule is Cc1cccc(N2CCN(C(=O)[C@@H]3CCCN(c4nc5ccccc5[nH]4)C3)C[C@@H]2C)c1. The third-order valence-corrected chi connectivity index (χ3v) is 6.72. The van der Waals surface area contributed by atoms with Gasteiger partial charge in [-0.25, -0.2) is 4.98 Å². The maximum Gasteiger partial charge on any atom is 0.227 e. The number of hydrogen-bond acceptors (Lipinski definition) is 4. The van der Waals surface area contributed by atoms with Crippen LogP contribution in [0.1, 0.15) is 25.3 Å². The molecule has 0 saturated carbocycles. The Hall–Kier alpha value is -3.02. The molecule has 1 amide bonds. The first-order chi connectivity index (χ1) is 15.1. The van der Waals surface area contributed by atoms with Gasteiger partial charge in [0.1, 0.15) is 0 Å². The standard InChI is InChI=1S/C25H31N5O/c1-18-7-5-9-21(15-18)30-14-13-28(16-19(30)2)24(31)20-8-6-12-29(17-20)25-26-22-10-3-4-11-23(22)27-25/h3-5,7,9-11,15,19-20H,6,8,12-14,16-17H2,1-2H3,(H,26,27)/t19-,20+/m0/s1. The number of para-hydroxylation sites is 2. The van der Waals surface area contributed by atoms with Crippen LogP contribution in [0.15, 0.2) is 48.5 Å². The lowest BCUT2D eigenvalue weighted by Gasteiger charge is -2.43. The van der Waals surface area contributed by atoms with Crippen LogP contribution in [0, 0.1) is 12.8 Å². The Morgan fingerprint density at radius 3 is 2.74 bits per heavy atom. The first-order valence-corrected chi connectivity index (χ1v) is 11.4. The van der Waals surface area contributed by atoms with Crippen LogP contribution in [0.25, 0.3) is 11.0 Å². The largest absolute Gasteiger partial charge is 0.365 e. The maximum absolute atomic E-state index is 13.4. The molecule has 5 rings (SSSR count). The van der Waals surface area contributed by atoms with E-state index in [-0.39, 0.29) is 5.92 Å². The number of aryl methyl sites for hydroxylation is 1. The number of aromatic nitrogens is 2. The number of benzene rings is 2. The normalized spacial score (nSPS) is 22.2. The van der Waals surface area contributed by atoms with Crippen molar-refractivity contribution in [3.05, 3.63) is 54.1 Å². The molecule has 0 radical (unpaired) electrons. The number of nitrogens with one attached hydrogen (secondary N) is 1. The molecule has 2 fully saturated rings. The highest BCUT2D eigenvalue weighted by molar-refractivity contribution is 5.81. The highest BCUT2D eigenvalue weighted by Gasteiger charge is 2.34. The minimum atomic E-state index is 0.0414. The Kier molecular flexibility index (Phi) is 5.30. The molecule has 2 aromatic carbocycles. The van der Waals surface area contributed by atoms with E-state index >= 15 is 0 Å². The lowest BCUT2D eigenvalue weighted by atomic mass is 9.96. The van der Waals surface area contributed by atoms with Crippen molar-refractivity contribution >= 4 is 28.6 Å². The Labute approximate surface area is 183 Å². The van der Waals surface area contributed by atoms with Crippen molar-refractivity contribution in [2.24, 2.45) is 5.92 Å². The molecular weight excluding hydrogens is 386 g/mol. The number of aromatic amines is 1. The number of fused-ring (bicyclic) bond motifs is 1. The Morgan fingerprint density at radius 2 is 1.94 bits per heavy atom. The maximum atomic E-state index is 13.4. The summed E-state index contributed by atoms with van der Waals surface area (Å²) in [6, 6.07) is 17.1. The predicted molar refractivity (Wildman–Crippen MR) is 126 cm³/mol. The van der Waals surface area contributed by atoms with Gasteiger partial charge in [0.15, 0.2) is 0 Å². The first kappa shape index (κ1) is 19.9. The number of piperidine rings is 1. The van der Waals surface area contributed by atoms with E-state index < -0.39 is 0 Å². The lowest BCUT2D eigenvalue weighted by Crippen LogP contribution is -2.56. The van der Waals surface area contributed by atoms with Gasteiger partial charge in [0.2, 0.25) is 11.9 Å². The summed E-state index contributed by atoms with van der Waals surface area (Å²) in [5.74, 6) is 1.23. The van der Waals surface area contributed by atoms with Gasteiger partial charge in [-0.2, -0.15) is 0 Å². The number of rotatable bonds is 3. The molecule has 1 N–H and O–H groups in total. The topological polar surface area (TPSA) is 55.5 Å². The fourth-order valence-electron chi connectivity index (χ4n) is 5.07. The lowest BCUT2D eigenvalue weighted by molar-refractivity contribution is -0.136. The highest BCUT2D eigenvalue weighted by atomic mass is 16.2. The van der Waals surface area contributed by atoms with Crippen LogP contribution >= 0.6 is 0 Å². The Balaban J connectivity index is 1.25. The third kappa shape index (κ3) is 3.99. The zero-order valence-electron chi connectivity index (χ0n) is 18.4. The summed E-state index contributed by atoms with van der Waals surface area (Å²) in [7, 11) is 0. The van der Waals surface area contributed by atoms with E-state index in [0.717, 1.165) is 62.5 Å². The Morgan fingerprint density at radius 1 is 1.06 bits per heavy atom. The van der Waals surface area contributed by atoms with E-state index in [4.69, 9.17) is 4.98 Å². The zero-order valence-corrected chi connectivity index (χ0v) is 18.4. The van der Waals surface area contributed by atoms with Gasteiger partial charge in [-0.3, -0.25) is 4.79 Å². The zero-order chi connectivity index (χ0) is 21.4. The molecule has 1 aromatic heterocycles. The number of hydrogen-bond donors (Lipinski definition) is 1. The number of imidazole rings is 1. The first-order valence-electron chi connectivity index (χ1n) is 11.4. The van der Waals surface area contributed by atoms with Crippen molar-refractivity contribution in [3.63, 3.8) is 0 Å². The molecule has 162 valence electrons. The van der Waals surface area contributed by atoms with Gasteiger partial charge in [-0.05, 0) is 56.5 Å². The minimum Gasteiger partial charge on any atom is -0.365 e. The highest BCUT2D eigenvalue weighted by Crippen LogP contribution is 2.27. The second kappa shape index (κ2) is 8.25. The average molecular weight is 418 g/mol. The van der Waals surface area contributed by atoms with E-state index in [0.29, 0.717) is 11.9 Å². The molecular formula is C25H31N5O. The van der Waals surface area contributed by atoms with Crippen LogP contribution in [0.4, 0.5) is 11.6 Å². The monoisotopic (exact) mass is 417 g/mol. The van der Waals surface area contributed by atoms with Gasteiger partial charge in [0.05, 0.1) is 17.0 Å². The fraction of sp³-hybridized carbons (Fsp3) is 0.440. The quantitative estimate of drug-likeness (QED) is 0.704. The van der Waals surface area contributed by atoms with E-state index in [1.165, 1.54) is 11.3 Å². The number of amides is 1. The number of piperazine rings is 1. The van der Waals surface area contributed by atoms with Crippen LogP contribution < -0.4 is 9.80 Å². The van der Waals surface area contributed by atoms with Crippen molar-refractivity contribution in [1.82, 2.24) is 14.9 Å². The van der Waals surface area contributed by atoms with Gasteiger partial charge in [-0.15, -0.1) is 0 Å². The minimum absolute atomic E-state index is 0.0414. The van der Waals surface area contributed by atoms with Crippen LogP contribution in [-0.2, 0) is 4.79 Å². The molecule has 3 aromatic rings. The van der Waals surface area contributed by atoms with E-state index in [2.05, 4.69) is 57.8 Å². The molecule has 0 spiro atoms. The van der Waals surface area contributed by atoms with Crippen LogP contribution in [-0.4, -0.2) is 59.5 Å². The van der Waals surface area contributed by atoms with E-state index in [9.17, 15) is 4.79 Å². The van der Waals surface area contributed by atoms with Gasteiger partial charge in [-0.1, -0.05) is 24.3 Å². The summed E-state index contributed by atoms with van der Waals surface area (Å²) >= 11 is 0. The number of anilines is 2. The molecule has 31 heavy (non-hydrogen) atoms. The van der Waals surface area contributed by atoms with Crippen molar-refractivity contribution in [3.8, 4) is 0 Å². The third-order valence-electron chi connectivity index (χ3n) is 6.72. The van der Waals surface area contributed by atoms with Crippen molar-refractivity contribution in [2.75, 3.05) is 42.5 Å².